The maximum absolute atomic E-state index is 12.5. The first-order valence-corrected chi connectivity index (χ1v) is 19.7. The van der Waals surface area contributed by atoms with Crippen LogP contribution in [0.2, 0.25) is 0 Å². The molecule has 3 aliphatic carbocycles. The average Bonchev–Trinajstić information content (AvgIpc) is 3.48. The Labute approximate surface area is 311 Å². The molecule has 0 radical (unpaired) electrons. The van der Waals surface area contributed by atoms with Gasteiger partial charge in [-0.1, -0.05) is 66.3 Å². The first-order valence-electron chi connectivity index (χ1n) is 19.7. The molecule has 7 N–H and O–H groups in total. The van der Waals surface area contributed by atoms with Gasteiger partial charge in [-0.15, -0.1) is 0 Å². The molecule has 0 aromatic heterocycles. The number of benzene rings is 1. The van der Waals surface area contributed by atoms with E-state index in [1.54, 1.807) is 0 Å². The summed E-state index contributed by atoms with van der Waals surface area (Å²) in [6, 6.07) is 8.88. The molecule has 8 nitrogen and oxygen atoms in total. The highest BCUT2D eigenvalue weighted by molar-refractivity contribution is 5.74. The van der Waals surface area contributed by atoms with Crippen molar-refractivity contribution in [3.8, 4) is 0 Å². The first-order chi connectivity index (χ1) is 25.0. The Balaban J connectivity index is 1.45. The second-order valence-corrected chi connectivity index (χ2v) is 16.2. The largest absolute Gasteiger partial charge is 0.396 e. The monoisotopic (exact) mass is 716 g/mol. The molecule has 1 aromatic rings. The molecule has 1 spiro atoms. The van der Waals surface area contributed by atoms with Gasteiger partial charge in [0.05, 0.1) is 18.3 Å². The van der Waals surface area contributed by atoms with Crippen LogP contribution in [-0.2, 0) is 17.6 Å². The van der Waals surface area contributed by atoms with Crippen molar-refractivity contribution >= 4 is 6.29 Å². The normalized spacial score (nSPS) is 35.2. The summed E-state index contributed by atoms with van der Waals surface area (Å²) < 4.78 is 0. The SMILES string of the molecule is C=C(/C=C/C=C(/CO)[C@@H]1CC[C@]2([C@@H]1O)[C@@H](CCCO)/C(=C(/C)C=O)CC[C@]2(O)CCNC)[C@H]1Cc2cccc(c2)C[C@@H](C)N[C@@H](O)C2=C[C@@H]1CCC2. The summed E-state index contributed by atoms with van der Waals surface area (Å²) >= 11 is 0. The zero-order valence-corrected chi connectivity index (χ0v) is 31.7. The Morgan fingerprint density at radius 2 is 1.87 bits per heavy atom. The number of carbonyl (C=O) groups excluding carboxylic acids is 1. The van der Waals surface area contributed by atoms with Crippen LogP contribution in [0.15, 0.2) is 83.0 Å². The van der Waals surface area contributed by atoms with Crippen LogP contribution in [0.3, 0.4) is 0 Å². The molecule has 2 fully saturated rings. The molecule has 4 bridgehead atoms. The van der Waals surface area contributed by atoms with E-state index in [0.717, 1.165) is 55.1 Å². The number of carbonyl (C=O) groups is 1. The van der Waals surface area contributed by atoms with Gasteiger partial charge < -0.3 is 30.8 Å². The first kappa shape index (κ1) is 40.5. The average molecular weight is 717 g/mol. The van der Waals surface area contributed by atoms with Gasteiger partial charge in [0.15, 0.2) is 0 Å². The van der Waals surface area contributed by atoms with E-state index < -0.39 is 23.3 Å². The van der Waals surface area contributed by atoms with Gasteiger partial charge in [-0.3, -0.25) is 10.1 Å². The Morgan fingerprint density at radius 3 is 2.58 bits per heavy atom. The number of aliphatic hydroxyl groups is 5. The Morgan fingerprint density at radius 1 is 1.10 bits per heavy atom. The lowest BCUT2D eigenvalue weighted by Gasteiger charge is -2.57. The molecule has 0 unspecified atom stereocenters. The van der Waals surface area contributed by atoms with Crippen molar-refractivity contribution in [1.29, 1.82) is 0 Å². The van der Waals surface area contributed by atoms with Gasteiger partial charge >= 0.3 is 0 Å². The minimum atomic E-state index is -1.18. The molecule has 0 saturated heterocycles. The van der Waals surface area contributed by atoms with E-state index in [0.29, 0.717) is 62.6 Å². The van der Waals surface area contributed by atoms with Gasteiger partial charge in [0.25, 0.3) is 0 Å². The maximum atomic E-state index is 12.5. The van der Waals surface area contributed by atoms with Gasteiger partial charge in [-0.25, -0.2) is 0 Å². The number of aliphatic hydroxyl groups excluding tert-OH is 4. The highest BCUT2D eigenvalue weighted by Gasteiger charge is 2.65. The summed E-state index contributed by atoms with van der Waals surface area (Å²) in [6.07, 6.45) is 15.7. The van der Waals surface area contributed by atoms with Crippen molar-refractivity contribution in [2.24, 2.45) is 29.1 Å². The van der Waals surface area contributed by atoms with Crippen LogP contribution < -0.4 is 10.6 Å². The van der Waals surface area contributed by atoms with Crippen molar-refractivity contribution in [2.45, 2.75) is 115 Å². The third-order valence-corrected chi connectivity index (χ3v) is 13.1. The van der Waals surface area contributed by atoms with Crippen LogP contribution in [0.25, 0.3) is 0 Å². The summed E-state index contributed by atoms with van der Waals surface area (Å²) in [4.78, 5) is 12.1. The predicted octanol–water partition coefficient (Wildman–Crippen LogP) is 5.25. The van der Waals surface area contributed by atoms with E-state index in [4.69, 9.17) is 0 Å². The maximum Gasteiger partial charge on any atom is 0.145 e. The highest BCUT2D eigenvalue weighted by atomic mass is 16.3. The molecule has 0 amide bonds. The molecule has 1 aliphatic heterocycles. The molecule has 1 heterocycles. The van der Waals surface area contributed by atoms with Crippen molar-refractivity contribution in [2.75, 3.05) is 26.8 Å². The van der Waals surface area contributed by atoms with Crippen LogP contribution in [0.1, 0.15) is 89.2 Å². The van der Waals surface area contributed by atoms with E-state index in [1.807, 2.05) is 32.2 Å². The van der Waals surface area contributed by atoms with Crippen LogP contribution in [0.4, 0.5) is 0 Å². The molecule has 5 rings (SSSR count). The summed E-state index contributed by atoms with van der Waals surface area (Å²) in [7, 11) is 1.86. The number of aldehydes is 1. The van der Waals surface area contributed by atoms with E-state index >= 15 is 0 Å². The number of nitrogens with one attached hydrogen (secondary N) is 2. The predicted molar refractivity (Wildman–Crippen MR) is 207 cm³/mol. The second kappa shape index (κ2) is 18.1. The lowest BCUT2D eigenvalue weighted by Crippen LogP contribution is -2.61. The van der Waals surface area contributed by atoms with Gasteiger partial charge in [-0.2, -0.15) is 0 Å². The third-order valence-electron chi connectivity index (χ3n) is 13.1. The van der Waals surface area contributed by atoms with Crippen molar-refractivity contribution in [3.05, 3.63) is 94.1 Å². The number of fused-ring (bicyclic) bond motifs is 3. The minimum absolute atomic E-state index is 0.00793. The van der Waals surface area contributed by atoms with Crippen LogP contribution in [0.5, 0.6) is 0 Å². The lowest BCUT2D eigenvalue weighted by molar-refractivity contribution is -0.180. The fraction of sp³-hybridized carbons (Fsp3) is 0.614. The summed E-state index contributed by atoms with van der Waals surface area (Å²) in [5, 5.41) is 63.2. The lowest BCUT2D eigenvalue weighted by atomic mass is 9.51. The molecule has 2 saturated carbocycles. The standard InChI is InChI=1S/C44H64N2O6/c1-29(39-25-33-11-6-10-32(24-33)23-31(3)46-42(51)35-13-7-12-34(39)26-35)9-5-14-36(28-49)38-17-19-44(41(38)50)40(15-8-22-47)37(30(2)27-48)16-18-43(44,52)20-21-45-4/h5-6,9-11,14,24,26-27,31,34,38-42,45-47,49-52H,1,7-8,12-13,15-23,25,28H2,2-4H3/b9-5+,36-14-,37-30-/t31-,34+,38+,39-,40+,41-,42+,43+,44-/m1/s1. The minimum Gasteiger partial charge on any atom is -0.396 e. The van der Waals surface area contributed by atoms with E-state index in [1.165, 1.54) is 11.1 Å². The molecule has 9 atom stereocenters. The Kier molecular flexibility index (Phi) is 14.1. The number of rotatable bonds is 12. The number of hydrogen-bond acceptors (Lipinski definition) is 8. The zero-order valence-electron chi connectivity index (χ0n) is 31.7. The van der Waals surface area contributed by atoms with Crippen LogP contribution in [0, 0.1) is 29.1 Å². The Hall–Kier alpha value is -2.69. The molecular weight excluding hydrogens is 652 g/mol. The topological polar surface area (TPSA) is 142 Å². The third kappa shape index (κ3) is 8.49. The van der Waals surface area contributed by atoms with E-state index in [-0.39, 0.29) is 42.9 Å². The fourth-order valence-electron chi connectivity index (χ4n) is 10.4. The summed E-state index contributed by atoms with van der Waals surface area (Å²) in [5.41, 5.74) is 4.77. The zero-order chi connectivity index (χ0) is 37.5. The van der Waals surface area contributed by atoms with Gasteiger partial charge in [0.2, 0.25) is 0 Å². The highest BCUT2D eigenvalue weighted by Crippen LogP contribution is 2.64. The van der Waals surface area contributed by atoms with Crippen molar-refractivity contribution < 1.29 is 30.3 Å². The molecule has 8 heteroatoms. The molecule has 1 aromatic carbocycles. The van der Waals surface area contributed by atoms with Crippen LogP contribution in [-0.4, -0.2) is 82.6 Å². The van der Waals surface area contributed by atoms with Gasteiger partial charge in [-0.05, 0) is 150 Å². The van der Waals surface area contributed by atoms with Gasteiger partial charge in [0.1, 0.15) is 12.5 Å². The summed E-state index contributed by atoms with van der Waals surface area (Å²) in [6.45, 7) is 8.84. The number of hydrogen-bond donors (Lipinski definition) is 7. The smallest absolute Gasteiger partial charge is 0.145 e. The fourth-order valence-corrected chi connectivity index (χ4v) is 10.4. The number of allylic oxidation sites excluding steroid dienone is 7. The second-order valence-electron chi connectivity index (χ2n) is 16.2. The van der Waals surface area contributed by atoms with E-state index in [9.17, 15) is 30.3 Å². The quantitative estimate of drug-likeness (QED) is 0.0674. The molecule has 4 aliphatic rings. The van der Waals surface area contributed by atoms with E-state index in [2.05, 4.69) is 54.5 Å². The molecule has 52 heavy (non-hydrogen) atoms. The molecular formula is C44H64N2O6. The summed E-state index contributed by atoms with van der Waals surface area (Å²) in [5.74, 6) is -0.287. The van der Waals surface area contributed by atoms with Crippen molar-refractivity contribution in [3.63, 3.8) is 0 Å². The van der Waals surface area contributed by atoms with Crippen LogP contribution >= 0.6 is 0 Å². The van der Waals surface area contributed by atoms with Crippen molar-refractivity contribution in [1.82, 2.24) is 10.6 Å². The van der Waals surface area contributed by atoms with Gasteiger partial charge in [0, 0.05) is 24.0 Å². The Bertz CT molecular complexity index is 1530. The molecule has 286 valence electrons.